The Kier molecular flexibility index (Phi) is 3.31. The van der Waals surface area contributed by atoms with E-state index in [1.807, 2.05) is 18.5 Å². The van der Waals surface area contributed by atoms with Crippen LogP contribution in [0.25, 0.3) is 4.96 Å². The molecule has 0 amide bonds. The zero-order valence-electron chi connectivity index (χ0n) is 12.6. The molecule has 0 bridgehead atoms. The number of thiazole rings is 1. The van der Waals surface area contributed by atoms with Gasteiger partial charge in [-0.25, -0.2) is 9.97 Å². The predicted molar refractivity (Wildman–Crippen MR) is 84.2 cm³/mol. The zero-order chi connectivity index (χ0) is 15.1. The van der Waals surface area contributed by atoms with Gasteiger partial charge < -0.3 is 4.74 Å². The second-order valence-corrected chi connectivity index (χ2v) is 6.35. The quantitative estimate of drug-likeness (QED) is 0.740. The molecule has 4 rings (SSSR count). The van der Waals surface area contributed by atoms with Gasteiger partial charge in [-0.1, -0.05) is 0 Å². The normalized spacial score (nSPS) is 15.2. The molecule has 0 fully saturated rings. The topological polar surface area (TPSA) is 55.6 Å². The van der Waals surface area contributed by atoms with Crippen LogP contribution < -0.4 is 4.74 Å². The molecule has 4 heterocycles. The van der Waals surface area contributed by atoms with Crippen LogP contribution in [0.1, 0.15) is 22.8 Å². The Hall–Kier alpha value is -1.99. The van der Waals surface area contributed by atoms with Crippen LogP contribution in [0.5, 0.6) is 5.88 Å². The highest BCUT2D eigenvalue weighted by Crippen LogP contribution is 2.26. The van der Waals surface area contributed by atoms with E-state index in [1.165, 1.54) is 11.3 Å². The first-order chi connectivity index (χ1) is 10.7. The maximum absolute atomic E-state index is 5.44. The molecule has 0 spiro atoms. The van der Waals surface area contributed by atoms with Gasteiger partial charge in [-0.2, -0.15) is 4.98 Å². The Morgan fingerprint density at radius 2 is 2.27 bits per heavy atom. The van der Waals surface area contributed by atoms with Crippen molar-refractivity contribution in [3.63, 3.8) is 0 Å². The van der Waals surface area contributed by atoms with Crippen molar-refractivity contribution in [2.24, 2.45) is 0 Å². The van der Waals surface area contributed by atoms with Crippen LogP contribution in [-0.4, -0.2) is 37.9 Å². The van der Waals surface area contributed by atoms with E-state index in [1.54, 1.807) is 18.4 Å². The van der Waals surface area contributed by atoms with Gasteiger partial charge in [0.2, 0.25) is 5.88 Å². The van der Waals surface area contributed by atoms with Crippen LogP contribution in [0.4, 0.5) is 0 Å². The molecule has 114 valence electrons. The summed E-state index contributed by atoms with van der Waals surface area (Å²) in [6.07, 6.45) is 4.97. The molecule has 6 nitrogen and oxygen atoms in total. The number of aryl methyl sites for hydroxylation is 1. The number of hydrogen-bond donors (Lipinski definition) is 0. The van der Waals surface area contributed by atoms with E-state index < -0.39 is 0 Å². The van der Waals surface area contributed by atoms with E-state index in [2.05, 4.69) is 30.4 Å². The second kappa shape index (κ2) is 5.33. The van der Waals surface area contributed by atoms with Crippen molar-refractivity contribution >= 4 is 16.3 Å². The Balaban J connectivity index is 1.61. The van der Waals surface area contributed by atoms with E-state index >= 15 is 0 Å². The Morgan fingerprint density at radius 1 is 1.36 bits per heavy atom. The Morgan fingerprint density at radius 3 is 3.14 bits per heavy atom. The largest absolute Gasteiger partial charge is 0.480 e. The lowest BCUT2D eigenvalue weighted by Crippen LogP contribution is -2.31. The lowest BCUT2D eigenvalue weighted by Gasteiger charge is -2.27. The molecule has 3 aromatic rings. The molecule has 0 aromatic carbocycles. The monoisotopic (exact) mass is 315 g/mol. The summed E-state index contributed by atoms with van der Waals surface area (Å²) in [5.41, 5.74) is 3.52. The average Bonchev–Trinajstić information content (AvgIpc) is 3.09. The van der Waals surface area contributed by atoms with Crippen LogP contribution in [0.15, 0.2) is 17.8 Å². The van der Waals surface area contributed by atoms with Crippen LogP contribution in [0, 0.1) is 6.92 Å². The SMILES string of the molecule is COc1nc2sccn2c1CN1CCc2nc(C)ncc2C1. The fraction of sp³-hybridized carbons (Fsp3) is 0.400. The molecule has 0 unspecified atom stereocenters. The standard InChI is InChI=1S/C15H17N5OS/c1-10-16-7-11-8-19(4-3-12(11)17-10)9-13-14(21-2)18-15-20(13)5-6-22-15/h5-7H,3-4,8-9H2,1-2H3. The molecule has 0 atom stereocenters. The van der Waals surface area contributed by atoms with Crippen molar-refractivity contribution < 1.29 is 4.74 Å². The lowest BCUT2D eigenvalue weighted by molar-refractivity contribution is 0.235. The number of nitrogens with zero attached hydrogens (tertiary/aromatic N) is 5. The van der Waals surface area contributed by atoms with E-state index in [9.17, 15) is 0 Å². The van der Waals surface area contributed by atoms with Gasteiger partial charge in [0.25, 0.3) is 0 Å². The van der Waals surface area contributed by atoms with Gasteiger partial charge in [0.1, 0.15) is 11.5 Å². The third-order valence-electron chi connectivity index (χ3n) is 4.02. The fourth-order valence-electron chi connectivity index (χ4n) is 2.94. The van der Waals surface area contributed by atoms with Gasteiger partial charge in [0.05, 0.1) is 7.11 Å². The van der Waals surface area contributed by atoms with Gasteiger partial charge >= 0.3 is 0 Å². The molecule has 0 aliphatic carbocycles. The van der Waals surface area contributed by atoms with Crippen LogP contribution in [0.2, 0.25) is 0 Å². The van der Waals surface area contributed by atoms with Crippen molar-refractivity contribution in [3.05, 3.63) is 40.5 Å². The van der Waals surface area contributed by atoms with E-state index in [0.29, 0.717) is 0 Å². The minimum Gasteiger partial charge on any atom is -0.480 e. The van der Waals surface area contributed by atoms with Gasteiger partial charge in [-0.3, -0.25) is 9.30 Å². The molecule has 7 heteroatoms. The zero-order valence-corrected chi connectivity index (χ0v) is 13.4. The lowest BCUT2D eigenvalue weighted by atomic mass is 10.1. The molecule has 0 radical (unpaired) electrons. The summed E-state index contributed by atoms with van der Waals surface area (Å²) < 4.78 is 7.55. The third-order valence-corrected chi connectivity index (χ3v) is 4.78. The van der Waals surface area contributed by atoms with Gasteiger partial charge in [-0.05, 0) is 6.92 Å². The maximum Gasteiger partial charge on any atom is 0.237 e. The third kappa shape index (κ3) is 2.26. The van der Waals surface area contributed by atoms with Gasteiger partial charge in [0, 0.05) is 55.1 Å². The van der Waals surface area contributed by atoms with Gasteiger partial charge in [0.15, 0.2) is 4.96 Å². The van der Waals surface area contributed by atoms with Crippen LogP contribution in [-0.2, 0) is 19.5 Å². The number of fused-ring (bicyclic) bond motifs is 2. The number of methoxy groups -OCH3 is 1. The Labute approximate surface area is 132 Å². The number of aromatic nitrogens is 4. The highest BCUT2D eigenvalue weighted by Gasteiger charge is 2.22. The van der Waals surface area contributed by atoms with Gasteiger partial charge in [-0.15, -0.1) is 11.3 Å². The summed E-state index contributed by atoms with van der Waals surface area (Å²) in [4.78, 5) is 16.8. The number of imidazole rings is 1. The van der Waals surface area contributed by atoms with Crippen molar-refractivity contribution in [1.29, 1.82) is 0 Å². The fourth-order valence-corrected chi connectivity index (χ4v) is 3.67. The first kappa shape index (κ1) is 13.7. The highest BCUT2D eigenvalue weighted by molar-refractivity contribution is 7.15. The minimum absolute atomic E-state index is 0.720. The van der Waals surface area contributed by atoms with E-state index in [4.69, 9.17) is 4.74 Å². The first-order valence-corrected chi connectivity index (χ1v) is 8.14. The number of hydrogen-bond acceptors (Lipinski definition) is 6. The molecular weight excluding hydrogens is 298 g/mol. The summed E-state index contributed by atoms with van der Waals surface area (Å²) in [7, 11) is 1.68. The summed E-state index contributed by atoms with van der Waals surface area (Å²) in [6, 6.07) is 0. The smallest absolute Gasteiger partial charge is 0.237 e. The first-order valence-electron chi connectivity index (χ1n) is 7.27. The van der Waals surface area contributed by atoms with E-state index in [0.717, 1.165) is 48.4 Å². The average molecular weight is 315 g/mol. The van der Waals surface area contributed by atoms with Crippen molar-refractivity contribution in [2.45, 2.75) is 26.4 Å². The summed E-state index contributed by atoms with van der Waals surface area (Å²) in [5, 5.41) is 2.05. The minimum atomic E-state index is 0.720. The van der Waals surface area contributed by atoms with Crippen LogP contribution in [0.3, 0.4) is 0 Å². The van der Waals surface area contributed by atoms with Crippen LogP contribution >= 0.6 is 11.3 Å². The molecule has 0 saturated carbocycles. The summed E-state index contributed by atoms with van der Waals surface area (Å²) in [5.74, 6) is 1.57. The Bertz CT molecular complexity index is 825. The van der Waals surface area contributed by atoms with Crippen molar-refractivity contribution in [2.75, 3.05) is 13.7 Å². The number of rotatable bonds is 3. The summed E-state index contributed by atoms with van der Waals surface area (Å²) >= 11 is 1.62. The molecule has 1 aliphatic rings. The highest BCUT2D eigenvalue weighted by atomic mass is 32.1. The maximum atomic E-state index is 5.44. The molecule has 1 aliphatic heterocycles. The van der Waals surface area contributed by atoms with E-state index in [-0.39, 0.29) is 0 Å². The summed E-state index contributed by atoms with van der Waals surface area (Å²) in [6.45, 7) is 4.62. The molecule has 0 N–H and O–H groups in total. The molecule has 0 saturated heterocycles. The molecule has 22 heavy (non-hydrogen) atoms. The molecular formula is C15H17N5OS. The molecule has 3 aromatic heterocycles. The predicted octanol–water partition coefficient (Wildman–Crippen LogP) is 2.06. The van der Waals surface area contributed by atoms with Crippen molar-refractivity contribution in [3.8, 4) is 5.88 Å². The number of ether oxygens (including phenoxy) is 1. The second-order valence-electron chi connectivity index (χ2n) is 5.47. The van der Waals surface area contributed by atoms with Crippen molar-refractivity contribution in [1.82, 2.24) is 24.3 Å².